The van der Waals surface area contributed by atoms with Crippen molar-refractivity contribution in [1.82, 2.24) is 10.2 Å². The normalized spacial score (nSPS) is 16.3. The molecule has 0 aromatic heterocycles. The molecule has 1 aliphatic rings. The molecule has 1 saturated heterocycles. The molecule has 0 bridgehead atoms. The first-order valence-corrected chi connectivity index (χ1v) is 16.6. The summed E-state index contributed by atoms with van der Waals surface area (Å²) in [6.07, 6.45) is 0.540. The maximum atomic E-state index is 14.3. The van der Waals surface area contributed by atoms with Gasteiger partial charge in [-0.2, -0.15) is 0 Å². The number of hydrogen-bond donors (Lipinski definition) is 1. The summed E-state index contributed by atoms with van der Waals surface area (Å²) in [5.41, 5.74) is 0.0506. The van der Waals surface area contributed by atoms with Crippen LogP contribution in [-0.2, 0) is 25.4 Å². The van der Waals surface area contributed by atoms with Gasteiger partial charge in [-0.25, -0.2) is 8.78 Å². The van der Waals surface area contributed by atoms with Gasteiger partial charge in [0.05, 0.1) is 0 Å². The van der Waals surface area contributed by atoms with Crippen LogP contribution in [0.3, 0.4) is 0 Å². The molecule has 1 N–H and O–H groups in total. The average Bonchev–Trinajstić information content (AvgIpc) is 3.30. The van der Waals surface area contributed by atoms with Gasteiger partial charge in [-0.3, -0.25) is 14.4 Å². The van der Waals surface area contributed by atoms with E-state index in [2.05, 4.69) is 26.1 Å². The van der Waals surface area contributed by atoms with Gasteiger partial charge in [0.2, 0.25) is 11.8 Å². The van der Waals surface area contributed by atoms with Crippen molar-refractivity contribution in [2.45, 2.75) is 77.5 Å². The van der Waals surface area contributed by atoms with Gasteiger partial charge >= 0.3 is 14.3 Å². The van der Waals surface area contributed by atoms with Crippen molar-refractivity contribution in [3.8, 4) is 0 Å². The number of likely N-dealkylation sites (tertiary alicyclic amines) is 1. The molecule has 3 aromatic carbocycles. The molecule has 4 rings (SSSR count). The SMILES string of the molecule is CC(C)[C@H](NC(=O)C[C@@H]1CCC(=O)N1Cc1cccc(F)c1F)C(=O)O[Si](c1ccccc1)(c1ccccc1)C(C)(C)C. The summed E-state index contributed by atoms with van der Waals surface area (Å²) in [6, 6.07) is 22.0. The standard InChI is InChI=1S/C34H40F2N2O4Si/c1-23(2)32(37-29(39)21-25-19-20-30(40)38(25)22-24-13-12-18-28(35)31(24)36)33(41)42-43(34(3,4)5,26-14-8-6-9-15-26)27-16-10-7-11-17-27/h6-18,23,25,32H,19-22H2,1-5H3,(H,37,39)/t25-,32-/m0/s1. The van der Waals surface area contributed by atoms with Gasteiger partial charge in [-0.15, -0.1) is 0 Å². The number of carbonyl (C=O) groups excluding carboxylic acids is 3. The Morgan fingerprint density at radius 2 is 1.53 bits per heavy atom. The molecular weight excluding hydrogens is 566 g/mol. The van der Waals surface area contributed by atoms with Crippen molar-refractivity contribution >= 4 is 36.5 Å². The number of benzene rings is 3. The third kappa shape index (κ3) is 6.87. The van der Waals surface area contributed by atoms with Crippen LogP contribution in [0.2, 0.25) is 5.04 Å². The zero-order valence-corrected chi connectivity index (χ0v) is 26.4. The predicted octanol–water partition coefficient (Wildman–Crippen LogP) is 5.09. The van der Waals surface area contributed by atoms with Crippen LogP contribution in [0.25, 0.3) is 0 Å². The molecule has 9 heteroatoms. The Morgan fingerprint density at radius 3 is 2.07 bits per heavy atom. The highest BCUT2D eigenvalue weighted by atomic mass is 28.4. The van der Waals surface area contributed by atoms with Gasteiger partial charge in [0.25, 0.3) is 0 Å². The highest BCUT2D eigenvalue weighted by Crippen LogP contribution is 2.37. The molecule has 0 unspecified atom stereocenters. The van der Waals surface area contributed by atoms with E-state index in [1.165, 1.54) is 17.0 Å². The third-order valence-corrected chi connectivity index (χ3v) is 13.1. The van der Waals surface area contributed by atoms with E-state index in [0.29, 0.717) is 6.42 Å². The summed E-state index contributed by atoms with van der Waals surface area (Å²) in [5, 5.41) is 4.33. The highest BCUT2D eigenvalue weighted by Gasteiger charge is 2.54. The lowest BCUT2D eigenvalue weighted by atomic mass is 10.0. The molecule has 2 amide bonds. The summed E-state index contributed by atoms with van der Waals surface area (Å²) < 4.78 is 34.8. The minimum absolute atomic E-state index is 0.0506. The fourth-order valence-electron chi connectivity index (χ4n) is 5.88. The molecule has 1 heterocycles. The summed E-state index contributed by atoms with van der Waals surface area (Å²) in [6.45, 7) is 9.77. The van der Waals surface area contributed by atoms with Gasteiger partial charge in [-0.1, -0.05) is 107 Å². The van der Waals surface area contributed by atoms with Crippen LogP contribution in [0.15, 0.2) is 78.9 Å². The Kier molecular flexibility index (Phi) is 9.85. The van der Waals surface area contributed by atoms with Gasteiger partial charge in [0, 0.05) is 31.0 Å². The molecule has 0 spiro atoms. The van der Waals surface area contributed by atoms with Crippen molar-refractivity contribution in [2.75, 3.05) is 0 Å². The highest BCUT2D eigenvalue weighted by molar-refractivity contribution is 7.00. The lowest BCUT2D eigenvalue weighted by Gasteiger charge is -2.43. The largest absolute Gasteiger partial charge is 0.508 e. The smallest absolute Gasteiger partial charge is 0.323 e. The number of nitrogens with zero attached hydrogens (tertiary/aromatic N) is 1. The zero-order valence-electron chi connectivity index (χ0n) is 25.4. The Balaban J connectivity index is 1.56. The van der Waals surface area contributed by atoms with Gasteiger partial charge < -0.3 is 14.6 Å². The van der Waals surface area contributed by atoms with Crippen LogP contribution >= 0.6 is 0 Å². The summed E-state index contributed by atoms with van der Waals surface area (Å²) >= 11 is 0. The van der Waals surface area contributed by atoms with Crippen molar-refractivity contribution in [3.63, 3.8) is 0 Å². The lowest BCUT2D eigenvalue weighted by molar-refractivity contribution is -0.142. The van der Waals surface area contributed by atoms with E-state index in [0.717, 1.165) is 16.4 Å². The van der Waals surface area contributed by atoms with E-state index in [-0.39, 0.29) is 36.8 Å². The topological polar surface area (TPSA) is 75.7 Å². The van der Waals surface area contributed by atoms with Gasteiger partial charge in [0.15, 0.2) is 11.6 Å². The molecule has 228 valence electrons. The van der Waals surface area contributed by atoms with Crippen LogP contribution in [0, 0.1) is 17.6 Å². The van der Waals surface area contributed by atoms with Gasteiger partial charge in [0.1, 0.15) is 6.04 Å². The predicted molar refractivity (Wildman–Crippen MR) is 165 cm³/mol. The van der Waals surface area contributed by atoms with E-state index in [4.69, 9.17) is 4.43 Å². The number of halogens is 2. The third-order valence-electron chi connectivity index (χ3n) is 8.15. The Hall–Kier alpha value is -3.85. The van der Waals surface area contributed by atoms with Crippen LogP contribution < -0.4 is 15.7 Å². The van der Waals surface area contributed by atoms with Gasteiger partial charge in [-0.05, 0) is 33.8 Å². The average molecular weight is 607 g/mol. The van der Waals surface area contributed by atoms with E-state index >= 15 is 0 Å². The lowest BCUT2D eigenvalue weighted by Crippen LogP contribution is -2.68. The second-order valence-corrected chi connectivity index (χ2v) is 16.7. The summed E-state index contributed by atoms with van der Waals surface area (Å²) in [7, 11) is -3.20. The van der Waals surface area contributed by atoms with Crippen molar-refractivity contribution < 1.29 is 27.6 Å². The minimum atomic E-state index is -3.20. The second kappa shape index (κ2) is 13.2. The first-order valence-electron chi connectivity index (χ1n) is 14.7. The number of nitrogens with one attached hydrogen (secondary N) is 1. The number of rotatable bonds is 10. The first kappa shape index (κ1) is 32.1. The van der Waals surface area contributed by atoms with Crippen LogP contribution in [0.4, 0.5) is 8.78 Å². The fourth-order valence-corrected chi connectivity index (χ4v) is 10.2. The molecule has 3 aromatic rings. The van der Waals surface area contributed by atoms with E-state index < -0.39 is 49.0 Å². The number of amides is 2. The van der Waals surface area contributed by atoms with Crippen molar-refractivity contribution in [3.05, 3.63) is 96.1 Å². The molecule has 1 aliphatic heterocycles. The maximum absolute atomic E-state index is 14.3. The fraction of sp³-hybridized carbons (Fsp3) is 0.382. The van der Waals surface area contributed by atoms with Crippen molar-refractivity contribution in [1.29, 1.82) is 0 Å². The van der Waals surface area contributed by atoms with Crippen LogP contribution in [-0.4, -0.2) is 43.1 Å². The zero-order chi connectivity index (χ0) is 31.4. The van der Waals surface area contributed by atoms with Crippen molar-refractivity contribution in [2.24, 2.45) is 5.92 Å². The molecule has 2 atom stereocenters. The molecule has 0 radical (unpaired) electrons. The molecule has 1 fully saturated rings. The Bertz CT molecular complexity index is 1400. The van der Waals surface area contributed by atoms with E-state index in [9.17, 15) is 23.2 Å². The summed E-state index contributed by atoms with van der Waals surface area (Å²) in [5.74, 6) is -3.43. The van der Waals surface area contributed by atoms with Crippen LogP contribution in [0.5, 0.6) is 0 Å². The first-order chi connectivity index (χ1) is 20.3. The maximum Gasteiger partial charge on any atom is 0.323 e. The Morgan fingerprint density at radius 1 is 0.953 bits per heavy atom. The minimum Gasteiger partial charge on any atom is -0.508 e. The Labute approximate surface area is 253 Å². The second-order valence-electron chi connectivity index (χ2n) is 12.5. The number of hydrogen-bond acceptors (Lipinski definition) is 4. The molecule has 6 nitrogen and oxygen atoms in total. The summed E-state index contributed by atoms with van der Waals surface area (Å²) in [4.78, 5) is 41.5. The monoisotopic (exact) mass is 606 g/mol. The van der Waals surface area contributed by atoms with E-state index in [1.54, 1.807) is 0 Å². The molecular formula is C34H40F2N2O4Si. The van der Waals surface area contributed by atoms with E-state index in [1.807, 2.05) is 74.5 Å². The quantitative estimate of drug-likeness (QED) is 0.327. The molecule has 43 heavy (non-hydrogen) atoms. The molecule has 0 saturated carbocycles. The molecule has 0 aliphatic carbocycles. The van der Waals surface area contributed by atoms with Crippen LogP contribution in [0.1, 0.15) is 59.4 Å². The number of carbonyl (C=O) groups is 3.